The molecule has 0 aromatic heterocycles. The standard InChI is InChI=1S/C18H27N3O2S/c1-3-22-16-11-10-14(12-17(16)23-4-2)13-19-21-18(24)20-15-8-6-5-7-9-15/h10-13,15H,3-9H2,1-2H3,(H2,20,21,24)/b19-13-. The highest BCUT2D eigenvalue weighted by Crippen LogP contribution is 2.27. The van der Waals surface area contributed by atoms with Crippen molar-refractivity contribution < 1.29 is 9.47 Å². The monoisotopic (exact) mass is 349 g/mol. The Morgan fingerprint density at radius 1 is 1.17 bits per heavy atom. The maximum absolute atomic E-state index is 5.61. The molecule has 1 aliphatic rings. The maximum atomic E-state index is 5.61. The molecule has 0 spiro atoms. The Hall–Kier alpha value is -1.82. The van der Waals surface area contributed by atoms with E-state index < -0.39 is 0 Å². The van der Waals surface area contributed by atoms with Gasteiger partial charge in [0, 0.05) is 6.04 Å². The van der Waals surface area contributed by atoms with Gasteiger partial charge in [0.05, 0.1) is 19.4 Å². The summed E-state index contributed by atoms with van der Waals surface area (Å²) in [5.41, 5.74) is 3.81. The number of hydrogen-bond acceptors (Lipinski definition) is 4. The average Bonchev–Trinajstić information content (AvgIpc) is 2.58. The van der Waals surface area contributed by atoms with Crippen molar-refractivity contribution in [1.29, 1.82) is 0 Å². The van der Waals surface area contributed by atoms with E-state index in [4.69, 9.17) is 21.7 Å². The number of nitrogens with zero attached hydrogens (tertiary/aromatic N) is 1. The zero-order valence-corrected chi connectivity index (χ0v) is 15.3. The summed E-state index contributed by atoms with van der Waals surface area (Å²) in [4.78, 5) is 0. The van der Waals surface area contributed by atoms with Gasteiger partial charge in [-0.15, -0.1) is 0 Å². The van der Waals surface area contributed by atoms with Gasteiger partial charge >= 0.3 is 0 Å². The smallest absolute Gasteiger partial charge is 0.187 e. The maximum Gasteiger partial charge on any atom is 0.187 e. The minimum atomic E-state index is 0.476. The lowest BCUT2D eigenvalue weighted by atomic mass is 9.96. The van der Waals surface area contributed by atoms with E-state index in [2.05, 4.69) is 15.8 Å². The number of thiocarbonyl (C=S) groups is 1. The molecular formula is C18H27N3O2S. The lowest BCUT2D eigenvalue weighted by Gasteiger charge is -2.23. The second-order valence-corrected chi connectivity index (χ2v) is 6.16. The van der Waals surface area contributed by atoms with Crippen LogP contribution in [0.1, 0.15) is 51.5 Å². The summed E-state index contributed by atoms with van der Waals surface area (Å²) in [7, 11) is 0. The zero-order chi connectivity index (χ0) is 17.2. The lowest BCUT2D eigenvalue weighted by molar-refractivity contribution is 0.288. The zero-order valence-electron chi connectivity index (χ0n) is 14.5. The molecule has 132 valence electrons. The van der Waals surface area contributed by atoms with Gasteiger partial charge in [0.2, 0.25) is 0 Å². The second-order valence-electron chi connectivity index (χ2n) is 5.75. The topological polar surface area (TPSA) is 54.9 Å². The number of rotatable bonds is 7. The molecule has 1 aromatic carbocycles. The fourth-order valence-electron chi connectivity index (χ4n) is 2.78. The van der Waals surface area contributed by atoms with Crippen LogP contribution < -0.4 is 20.2 Å². The van der Waals surface area contributed by atoms with Crippen LogP contribution in [0.25, 0.3) is 0 Å². The normalized spacial score (nSPS) is 15.2. The molecule has 1 aliphatic carbocycles. The van der Waals surface area contributed by atoms with Gasteiger partial charge in [0.25, 0.3) is 0 Å². The van der Waals surface area contributed by atoms with Crippen molar-refractivity contribution in [3.63, 3.8) is 0 Å². The molecule has 2 N–H and O–H groups in total. The summed E-state index contributed by atoms with van der Waals surface area (Å²) < 4.78 is 11.2. The predicted molar refractivity (Wildman–Crippen MR) is 102 cm³/mol. The molecule has 0 unspecified atom stereocenters. The Kier molecular flexibility index (Phi) is 7.82. The molecule has 6 heteroatoms. The molecular weight excluding hydrogens is 322 g/mol. The second kappa shape index (κ2) is 10.1. The SMILES string of the molecule is CCOc1ccc(/C=N\NC(=S)NC2CCCCC2)cc1OCC. The van der Waals surface area contributed by atoms with E-state index in [0.717, 1.165) is 17.1 Å². The van der Waals surface area contributed by atoms with Crippen molar-refractivity contribution in [3.8, 4) is 11.5 Å². The van der Waals surface area contributed by atoms with Crippen LogP contribution in [0.5, 0.6) is 11.5 Å². The molecule has 5 nitrogen and oxygen atoms in total. The molecule has 1 saturated carbocycles. The van der Waals surface area contributed by atoms with Crippen LogP contribution in [0.4, 0.5) is 0 Å². The van der Waals surface area contributed by atoms with Gasteiger partial charge < -0.3 is 14.8 Å². The average molecular weight is 350 g/mol. The van der Waals surface area contributed by atoms with Crippen molar-refractivity contribution in [3.05, 3.63) is 23.8 Å². The quantitative estimate of drug-likeness (QED) is 0.447. The highest BCUT2D eigenvalue weighted by atomic mass is 32.1. The van der Waals surface area contributed by atoms with E-state index in [-0.39, 0.29) is 0 Å². The number of nitrogens with one attached hydrogen (secondary N) is 2. The van der Waals surface area contributed by atoms with Crippen LogP contribution in [0, 0.1) is 0 Å². The Balaban J connectivity index is 1.88. The van der Waals surface area contributed by atoms with Crippen molar-refractivity contribution >= 4 is 23.5 Å². The van der Waals surface area contributed by atoms with Crippen molar-refractivity contribution in [1.82, 2.24) is 10.7 Å². The molecule has 2 rings (SSSR count). The summed E-state index contributed by atoms with van der Waals surface area (Å²) in [5, 5.41) is 8.11. The number of hydrazone groups is 1. The first-order valence-electron chi connectivity index (χ1n) is 8.72. The van der Waals surface area contributed by atoms with Gasteiger partial charge in [-0.3, -0.25) is 5.43 Å². The van der Waals surface area contributed by atoms with Crippen LogP contribution in [-0.4, -0.2) is 30.6 Å². The summed E-state index contributed by atoms with van der Waals surface area (Å²) in [6.45, 7) is 5.10. The third-order valence-electron chi connectivity index (χ3n) is 3.89. The van der Waals surface area contributed by atoms with Crippen molar-refractivity contribution in [2.24, 2.45) is 5.10 Å². The summed E-state index contributed by atoms with van der Waals surface area (Å²) in [5.74, 6) is 1.48. The van der Waals surface area contributed by atoms with Crippen LogP contribution >= 0.6 is 12.2 Å². The van der Waals surface area contributed by atoms with E-state index in [1.54, 1.807) is 6.21 Å². The fourth-order valence-corrected chi connectivity index (χ4v) is 3.00. The van der Waals surface area contributed by atoms with E-state index in [1.165, 1.54) is 32.1 Å². The molecule has 0 atom stereocenters. The van der Waals surface area contributed by atoms with E-state index in [9.17, 15) is 0 Å². The van der Waals surface area contributed by atoms with Gasteiger partial charge in [-0.2, -0.15) is 5.10 Å². The Morgan fingerprint density at radius 2 is 1.88 bits per heavy atom. The lowest BCUT2D eigenvalue weighted by Crippen LogP contribution is -2.40. The minimum Gasteiger partial charge on any atom is -0.490 e. The van der Waals surface area contributed by atoms with Gasteiger partial charge in [-0.05, 0) is 62.7 Å². The van der Waals surface area contributed by atoms with E-state index in [0.29, 0.717) is 24.4 Å². The predicted octanol–water partition coefficient (Wildman–Crippen LogP) is 3.61. The Bertz CT molecular complexity index is 557. The van der Waals surface area contributed by atoms with Crippen LogP contribution in [-0.2, 0) is 0 Å². The number of benzene rings is 1. The Labute approximate surface area is 149 Å². The fraction of sp³-hybridized carbons (Fsp3) is 0.556. The number of hydrogen-bond donors (Lipinski definition) is 2. The van der Waals surface area contributed by atoms with Crippen molar-refractivity contribution in [2.45, 2.75) is 52.0 Å². The first-order valence-corrected chi connectivity index (χ1v) is 9.13. The van der Waals surface area contributed by atoms with Gasteiger partial charge in [-0.25, -0.2) is 0 Å². The van der Waals surface area contributed by atoms with Crippen LogP contribution in [0.15, 0.2) is 23.3 Å². The summed E-state index contributed by atoms with van der Waals surface area (Å²) in [6, 6.07) is 6.23. The van der Waals surface area contributed by atoms with Crippen LogP contribution in [0.2, 0.25) is 0 Å². The van der Waals surface area contributed by atoms with E-state index >= 15 is 0 Å². The molecule has 0 saturated heterocycles. The molecule has 1 fully saturated rings. The molecule has 24 heavy (non-hydrogen) atoms. The molecule has 0 heterocycles. The van der Waals surface area contributed by atoms with Gasteiger partial charge in [0.15, 0.2) is 16.6 Å². The molecule has 1 aromatic rings. The summed E-state index contributed by atoms with van der Waals surface area (Å²) in [6.07, 6.45) is 7.97. The highest BCUT2D eigenvalue weighted by Gasteiger charge is 2.13. The minimum absolute atomic E-state index is 0.476. The number of ether oxygens (including phenoxy) is 2. The molecule has 0 aliphatic heterocycles. The first-order chi connectivity index (χ1) is 11.7. The molecule has 0 amide bonds. The van der Waals surface area contributed by atoms with Crippen molar-refractivity contribution in [2.75, 3.05) is 13.2 Å². The third kappa shape index (κ3) is 6.00. The van der Waals surface area contributed by atoms with E-state index in [1.807, 2.05) is 32.0 Å². The Morgan fingerprint density at radius 3 is 2.58 bits per heavy atom. The molecule has 0 bridgehead atoms. The first kappa shape index (κ1) is 18.5. The van der Waals surface area contributed by atoms with Crippen LogP contribution in [0.3, 0.4) is 0 Å². The summed E-state index contributed by atoms with van der Waals surface area (Å²) >= 11 is 5.29. The van der Waals surface area contributed by atoms with Gasteiger partial charge in [-0.1, -0.05) is 19.3 Å². The molecule has 0 radical (unpaired) electrons. The third-order valence-corrected chi connectivity index (χ3v) is 4.10. The largest absolute Gasteiger partial charge is 0.490 e. The van der Waals surface area contributed by atoms with Gasteiger partial charge in [0.1, 0.15) is 0 Å². The highest BCUT2D eigenvalue weighted by molar-refractivity contribution is 7.80.